The first-order valence-corrected chi connectivity index (χ1v) is 8.18. The fraction of sp³-hybridized carbons (Fsp3) is 0.636. The van der Waals surface area contributed by atoms with Gasteiger partial charge in [0.2, 0.25) is 15.0 Å². The maximum Gasteiger partial charge on any atom is 0.248 e. The number of aromatic nitrogens is 2. The Kier molecular flexibility index (Phi) is 3.05. The van der Waals surface area contributed by atoms with Crippen LogP contribution < -0.4 is 0 Å². The van der Waals surface area contributed by atoms with E-state index in [9.17, 15) is 8.42 Å². The molecule has 0 atom stereocenters. The molecule has 2 aliphatic heterocycles. The Bertz CT molecular complexity index is 626. The molecule has 0 aromatic carbocycles. The zero-order valence-corrected chi connectivity index (χ0v) is 11.9. The first-order valence-electron chi connectivity index (χ1n) is 5.91. The fourth-order valence-electron chi connectivity index (χ4n) is 2.47. The van der Waals surface area contributed by atoms with Crippen molar-refractivity contribution in [3.63, 3.8) is 0 Å². The average molecular weight is 305 g/mol. The van der Waals surface area contributed by atoms with Gasteiger partial charge in [0.05, 0.1) is 12.3 Å². The second-order valence-corrected chi connectivity index (χ2v) is 7.06. The van der Waals surface area contributed by atoms with Gasteiger partial charge < -0.3 is 9.47 Å². The summed E-state index contributed by atoms with van der Waals surface area (Å²) >= 11 is 6.06. The Labute approximate surface area is 116 Å². The van der Waals surface area contributed by atoms with Crippen molar-refractivity contribution >= 4 is 21.4 Å². The predicted octanol–water partition coefficient (Wildman–Crippen LogP) is 1.07. The van der Waals surface area contributed by atoms with E-state index >= 15 is 0 Å². The molecule has 0 unspecified atom stereocenters. The molecule has 0 amide bonds. The Balaban J connectivity index is 2.16. The van der Waals surface area contributed by atoms with Crippen molar-refractivity contribution in [2.75, 3.05) is 19.5 Å². The molecular weight excluding hydrogens is 292 g/mol. The van der Waals surface area contributed by atoms with Gasteiger partial charge in [0.1, 0.15) is 10.8 Å². The topological polar surface area (TPSA) is 78.4 Å². The highest BCUT2D eigenvalue weighted by Crippen LogP contribution is 2.44. The van der Waals surface area contributed by atoms with Crippen molar-refractivity contribution in [2.45, 2.75) is 30.2 Å². The van der Waals surface area contributed by atoms with Crippen molar-refractivity contribution in [3.05, 3.63) is 16.4 Å². The molecule has 3 heterocycles. The molecule has 0 radical (unpaired) electrons. The number of nitrogens with zero attached hydrogens (tertiary/aromatic N) is 2. The van der Waals surface area contributed by atoms with E-state index in [-0.39, 0.29) is 10.3 Å². The summed E-state index contributed by atoms with van der Waals surface area (Å²) in [7, 11) is -3.50. The quantitative estimate of drug-likeness (QED) is 0.570. The van der Waals surface area contributed by atoms with Gasteiger partial charge in [0.15, 0.2) is 0 Å². The highest BCUT2D eigenvalue weighted by atomic mass is 35.5. The number of hydrogen-bond donors (Lipinski definition) is 0. The molecule has 2 aliphatic rings. The molecule has 1 saturated heterocycles. The minimum atomic E-state index is -3.50. The maximum atomic E-state index is 11.6. The summed E-state index contributed by atoms with van der Waals surface area (Å²) in [5.74, 6) is 0. The van der Waals surface area contributed by atoms with Crippen molar-refractivity contribution in [2.24, 2.45) is 0 Å². The average Bonchev–Trinajstić information content (AvgIpc) is 2.69. The molecule has 8 heteroatoms. The summed E-state index contributed by atoms with van der Waals surface area (Å²) in [6.07, 6.45) is 2.37. The van der Waals surface area contributed by atoms with E-state index in [4.69, 9.17) is 21.1 Å². The minimum Gasteiger partial charge on any atom is -0.381 e. The van der Waals surface area contributed by atoms with Crippen molar-refractivity contribution < 1.29 is 17.9 Å². The standard InChI is InChI=1S/C11H13ClN2O4S/c1-19(15,16)10-13-8-7(9(12)14-10)6-18-11(8)2-4-17-5-3-11/h2-6H2,1H3. The predicted molar refractivity (Wildman–Crippen MR) is 66.7 cm³/mol. The third kappa shape index (κ3) is 2.14. The van der Waals surface area contributed by atoms with Gasteiger partial charge >= 0.3 is 0 Å². The summed E-state index contributed by atoms with van der Waals surface area (Å²) in [6.45, 7) is 1.45. The van der Waals surface area contributed by atoms with Crippen LogP contribution in [-0.4, -0.2) is 37.9 Å². The number of rotatable bonds is 1. The van der Waals surface area contributed by atoms with E-state index in [0.29, 0.717) is 43.9 Å². The lowest BCUT2D eigenvalue weighted by Crippen LogP contribution is -2.34. The number of sulfone groups is 1. The molecule has 0 N–H and O–H groups in total. The van der Waals surface area contributed by atoms with Crippen LogP contribution in [0.3, 0.4) is 0 Å². The number of hydrogen-bond acceptors (Lipinski definition) is 6. The maximum absolute atomic E-state index is 11.6. The van der Waals surface area contributed by atoms with E-state index in [1.807, 2.05) is 0 Å². The second kappa shape index (κ2) is 4.37. The zero-order chi connectivity index (χ0) is 13.7. The van der Waals surface area contributed by atoms with Gasteiger partial charge in [0, 0.05) is 37.9 Å². The van der Waals surface area contributed by atoms with Crippen LogP contribution in [-0.2, 0) is 31.5 Å². The molecule has 6 nitrogen and oxygen atoms in total. The summed E-state index contributed by atoms with van der Waals surface area (Å²) in [4.78, 5) is 8.05. The smallest absolute Gasteiger partial charge is 0.248 e. The van der Waals surface area contributed by atoms with Gasteiger partial charge in [-0.2, -0.15) is 0 Å². The van der Waals surface area contributed by atoms with Gasteiger partial charge in [-0.15, -0.1) is 0 Å². The van der Waals surface area contributed by atoms with Gasteiger partial charge in [-0.25, -0.2) is 18.4 Å². The Hall–Kier alpha value is -0.760. The molecule has 19 heavy (non-hydrogen) atoms. The van der Waals surface area contributed by atoms with Gasteiger partial charge in [-0.1, -0.05) is 11.6 Å². The molecule has 0 saturated carbocycles. The van der Waals surface area contributed by atoms with E-state index in [1.165, 1.54) is 0 Å². The molecular formula is C11H13ClN2O4S. The normalized spacial score (nSPS) is 21.6. The van der Waals surface area contributed by atoms with Crippen molar-refractivity contribution in [1.29, 1.82) is 0 Å². The van der Waals surface area contributed by atoms with Crippen molar-refractivity contribution in [1.82, 2.24) is 9.97 Å². The highest BCUT2D eigenvalue weighted by Gasteiger charge is 2.45. The molecule has 1 aromatic rings. The largest absolute Gasteiger partial charge is 0.381 e. The van der Waals surface area contributed by atoms with Gasteiger partial charge in [-0.3, -0.25) is 0 Å². The van der Waals surface area contributed by atoms with Crippen LogP contribution in [0.2, 0.25) is 5.15 Å². The monoisotopic (exact) mass is 304 g/mol. The van der Waals surface area contributed by atoms with E-state index < -0.39 is 15.4 Å². The van der Waals surface area contributed by atoms with Crippen LogP contribution in [0.4, 0.5) is 0 Å². The first kappa shape index (κ1) is 13.2. The second-order valence-electron chi connectivity index (χ2n) is 4.79. The van der Waals surface area contributed by atoms with Crippen LogP contribution in [0.25, 0.3) is 0 Å². The lowest BCUT2D eigenvalue weighted by atomic mass is 9.90. The van der Waals surface area contributed by atoms with E-state index in [1.54, 1.807) is 0 Å². The Morgan fingerprint density at radius 1 is 1.26 bits per heavy atom. The lowest BCUT2D eigenvalue weighted by molar-refractivity contribution is -0.109. The Morgan fingerprint density at radius 3 is 2.58 bits per heavy atom. The van der Waals surface area contributed by atoms with Gasteiger partial charge in [-0.05, 0) is 0 Å². The third-order valence-electron chi connectivity index (χ3n) is 3.49. The molecule has 0 bridgehead atoms. The number of halogens is 1. The first-order chi connectivity index (χ1) is 8.92. The minimum absolute atomic E-state index is 0.161. The molecule has 1 fully saturated rings. The summed E-state index contributed by atoms with van der Waals surface area (Å²) in [5.41, 5.74) is 0.728. The van der Waals surface area contributed by atoms with Gasteiger partial charge in [0.25, 0.3) is 0 Å². The van der Waals surface area contributed by atoms with Crippen molar-refractivity contribution in [3.8, 4) is 0 Å². The number of ether oxygens (including phenoxy) is 2. The molecule has 1 spiro atoms. The summed E-state index contributed by atoms with van der Waals surface area (Å²) < 4.78 is 34.4. The van der Waals surface area contributed by atoms with Crippen LogP contribution in [0, 0.1) is 0 Å². The van der Waals surface area contributed by atoms with Crippen LogP contribution in [0.15, 0.2) is 5.16 Å². The SMILES string of the molecule is CS(=O)(=O)c1nc(Cl)c2c(n1)C1(CCOCC1)OC2. The lowest BCUT2D eigenvalue weighted by Gasteiger charge is -2.32. The van der Waals surface area contributed by atoms with Crippen LogP contribution >= 0.6 is 11.6 Å². The Morgan fingerprint density at radius 2 is 1.95 bits per heavy atom. The summed E-state index contributed by atoms with van der Waals surface area (Å²) in [6, 6.07) is 0. The van der Waals surface area contributed by atoms with E-state index in [2.05, 4.69) is 9.97 Å². The molecule has 1 aromatic heterocycles. The summed E-state index contributed by atoms with van der Waals surface area (Å²) in [5, 5.41) is -0.0820. The fourth-order valence-corrected chi connectivity index (χ4v) is 3.26. The zero-order valence-electron chi connectivity index (χ0n) is 10.3. The third-order valence-corrected chi connectivity index (χ3v) is 4.65. The number of fused-ring (bicyclic) bond motifs is 2. The van der Waals surface area contributed by atoms with E-state index in [0.717, 1.165) is 6.26 Å². The highest BCUT2D eigenvalue weighted by molar-refractivity contribution is 7.90. The molecule has 0 aliphatic carbocycles. The van der Waals surface area contributed by atoms with Crippen LogP contribution in [0.5, 0.6) is 0 Å². The van der Waals surface area contributed by atoms with Crippen LogP contribution in [0.1, 0.15) is 24.1 Å². The molecule has 104 valence electrons. The molecule has 3 rings (SSSR count).